The second kappa shape index (κ2) is 9.41. The quantitative estimate of drug-likeness (QED) is 0.517. The van der Waals surface area contributed by atoms with Crippen LogP contribution < -0.4 is 10.0 Å². The zero-order chi connectivity index (χ0) is 21.7. The van der Waals surface area contributed by atoms with E-state index in [9.17, 15) is 13.2 Å². The molecule has 0 spiro atoms. The molecule has 1 aromatic heterocycles. The van der Waals surface area contributed by atoms with Crippen LogP contribution >= 0.6 is 11.8 Å². The predicted octanol–water partition coefficient (Wildman–Crippen LogP) is 2.64. The molecule has 1 amide bonds. The van der Waals surface area contributed by atoms with E-state index in [1.165, 1.54) is 11.8 Å². The largest absolute Gasteiger partial charge is 0.325 e. The summed E-state index contributed by atoms with van der Waals surface area (Å²) < 4.78 is 29.0. The molecule has 0 atom stereocenters. The van der Waals surface area contributed by atoms with Gasteiger partial charge in [0.2, 0.25) is 15.9 Å². The summed E-state index contributed by atoms with van der Waals surface area (Å²) in [6, 6.07) is 14.2. The molecule has 0 saturated carbocycles. The van der Waals surface area contributed by atoms with E-state index in [2.05, 4.69) is 20.2 Å². The number of nitrogens with one attached hydrogen (secondary N) is 2. The molecule has 2 N–H and O–H groups in total. The summed E-state index contributed by atoms with van der Waals surface area (Å²) in [5, 5.41) is 11.5. The van der Waals surface area contributed by atoms with E-state index in [1.807, 2.05) is 38.1 Å². The van der Waals surface area contributed by atoms with Crippen molar-refractivity contribution in [2.45, 2.75) is 30.4 Å². The summed E-state index contributed by atoms with van der Waals surface area (Å²) in [5.74, 6) is 0.456. The lowest BCUT2D eigenvalue weighted by molar-refractivity contribution is -0.113. The molecule has 0 saturated heterocycles. The number of aromatic nitrogens is 3. The van der Waals surface area contributed by atoms with Gasteiger partial charge in [-0.25, -0.2) is 13.1 Å². The van der Waals surface area contributed by atoms with Crippen LogP contribution in [0.25, 0.3) is 0 Å². The second-order valence-corrected chi connectivity index (χ2v) is 9.51. The SMILES string of the molecule is Cc1ccc(S(=O)(=O)NCc2nnc(SCC(=O)Nc3cccc(C)c3)n2C)cc1. The van der Waals surface area contributed by atoms with Crippen LogP contribution in [0.5, 0.6) is 0 Å². The highest BCUT2D eigenvalue weighted by Crippen LogP contribution is 2.17. The van der Waals surface area contributed by atoms with Crippen LogP contribution in [0.15, 0.2) is 58.6 Å². The van der Waals surface area contributed by atoms with Crippen LogP contribution in [-0.2, 0) is 28.4 Å². The molecule has 1 heterocycles. The maximum absolute atomic E-state index is 12.4. The molecular weight excluding hydrogens is 422 g/mol. The molecule has 8 nitrogen and oxygen atoms in total. The molecule has 3 rings (SSSR count). The molecule has 10 heteroatoms. The van der Waals surface area contributed by atoms with E-state index in [4.69, 9.17) is 0 Å². The van der Waals surface area contributed by atoms with Gasteiger partial charge in [-0.1, -0.05) is 41.6 Å². The average molecular weight is 446 g/mol. The van der Waals surface area contributed by atoms with Gasteiger partial charge >= 0.3 is 0 Å². The smallest absolute Gasteiger partial charge is 0.240 e. The van der Waals surface area contributed by atoms with Crippen LogP contribution in [0.1, 0.15) is 17.0 Å². The van der Waals surface area contributed by atoms with Crippen LogP contribution in [0.2, 0.25) is 0 Å². The van der Waals surface area contributed by atoms with Crippen molar-refractivity contribution in [3.05, 3.63) is 65.5 Å². The van der Waals surface area contributed by atoms with E-state index in [-0.39, 0.29) is 23.1 Å². The average Bonchev–Trinajstić information content (AvgIpc) is 3.05. The Labute approximate surface area is 180 Å². The van der Waals surface area contributed by atoms with Gasteiger partial charge in [-0.05, 0) is 43.7 Å². The third-order valence-electron chi connectivity index (χ3n) is 4.31. The molecule has 3 aromatic rings. The zero-order valence-corrected chi connectivity index (χ0v) is 18.5. The highest BCUT2D eigenvalue weighted by atomic mass is 32.2. The summed E-state index contributed by atoms with van der Waals surface area (Å²) in [7, 11) is -1.92. The Hall–Kier alpha value is -2.69. The Morgan fingerprint density at radius 2 is 1.80 bits per heavy atom. The zero-order valence-electron chi connectivity index (χ0n) is 16.9. The minimum Gasteiger partial charge on any atom is -0.325 e. The van der Waals surface area contributed by atoms with E-state index in [0.717, 1.165) is 16.8 Å². The number of amides is 1. The molecule has 0 aliphatic carbocycles. The van der Waals surface area contributed by atoms with Crippen LogP contribution in [0.4, 0.5) is 5.69 Å². The van der Waals surface area contributed by atoms with E-state index in [1.54, 1.807) is 35.9 Å². The lowest BCUT2D eigenvalue weighted by Gasteiger charge is -2.08. The van der Waals surface area contributed by atoms with Crippen molar-refractivity contribution in [2.24, 2.45) is 7.05 Å². The van der Waals surface area contributed by atoms with Crippen molar-refractivity contribution in [1.29, 1.82) is 0 Å². The summed E-state index contributed by atoms with van der Waals surface area (Å²) in [5.41, 5.74) is 2.78. The predicted molar refractivity (Wildman–Crippen MR) is 117 cm³/mol. The van der Waals surface area contributed by atoms with Crippen LogP contribution in [0.3, 0.4) is 0 Å². The molecule has 0 aliphatic rings. The molecule has 0 bridgehead atoms. The summed E-state index contributed by atoms with van der Waals surface area (Å²) in [6.07, 6.45) is 0. The number of anilines is 1. The number of hydrogen-bond donors (Lipinski definition) is 2. The van der Waals surface area contributed by atoms with Gasteiger partial charge in [0.05, 0.1) is 17.2 Å². The minimum atomic E-state index is -3.65. The van der Waals surface area contributed by atoms with Crippen LogP contribution in [0, 0.1) is 13.8 Å². The third kappa shape index (κ3) is 5.68. The van der Waals surface area contributed by atoms with Gasteiger partial charge < -0.3 is 9.88 Å². The number of nitrogens with zero attached hydrogens (tertiary/aromatic N) is 3. The van der Waals surface area contributed by atoms with Crippen LogP contribution in [-0.4, -0.2) is 34.8 Å². The fraction of sp³-hybridized carbons (Fsp3) is 0.250. The first kappa shape index (κ1) is 22.0. The molecule has 0 radical (unpaired) electrons. The van der Waals surface area contributed by atoms with Gasteiger partial charge in [-0.3, -0.25) is 4.79 Å². The minimum absolute atomic E-state index is 0.00421. The number of rotatable bonds is 8. The Morgan fingerprint density at radius 3 is 2.50 bits per heavy atom. The van der Waals surface area contributed by atoms with Crippen molar-refractivity contribution in [1.82, 2.24) is 19.5 Å². The molecular formula is C20H23N5O3S2. The molecule has 0 fully saturated rings. The molecule has 0 aliphatic heterocycles. The monoisotopic (exact) mass is 445 g/mol. The fourth-order valence-electron chi connectivity index (χ4n) is 2.63. The first-order chi connectivity index (χ1) is 14.2. The maximum atomic E-state index is 12.4. The fourth-order valence-corrected chi connectivity index (χ4v) is 4.35. The first-order valence-electron chi connectivity index (χ1n) is 9.18. The normalized spacial score (nSPS) is 11.4. The molecule has 2 aromatic carbocycles. The first-order valence-corrected chi connectivity index (χ1v) is 11.7. The molecule has 30 heavy (non-hydrogen) atoms. The Kier molecular flexibility index (Phi) is 6.91. The molecule has 0 unspecified atom stereocenters. The third-order valence-corrected chi connectivity index (χ3v) is 6.75. The van der Waals surface area contributed by atoms with Crippen molar-refractivity contribution in [2.75, 3.05) is 11.1 Å². The Morgan fingerprint density at radius 1 is 1.07 bits per heavy atom. The lowest BCUT2D eigenvalue weighted by Crippen LogP contribution is -2.24. The van der Waals surface area contributed by atoms with Crippen molar-refractivity contribution < 1.29 is 13.2 Å². The summed E-state index contributed by atoms with van der Waals surface area (Å²) >= 11 is 1.23. The number of carbonyl (C=O) groups excluding carboxylic acids is 1. The number of sulfonamides is 1. The van der Waals surface area contributed by atoms with E-state index < -0.39 is 10.0 Å². The molecule has 158 valence electrons. The van der Waals surface area contributed by atoms with Gasteiger partial charge in [0.1, 0.15) is 5.82 Å². The standard InChI is InChI=1S/C20H23N5O3S2/c1-14-7-9-17(10-8-14)30(27,28)21-12-18-23-24-20(25(18)3)29-13-19(26)22-16-6-4-5-15(2)11-16/h4-11,21H,12-13H2,1-3H3,(H,22,26). The van der Waals surface area contributed by atoms with Crippen molar-refractivity contribution >= 4 is 33.4 Å². The number of thioether (sulfide) groups is 1. The van der Waals surface area contributed by atoms with Gasteiger partial charge in [0.15, 0.2) is 5.16 Å². The number of carbonyl (C=O) groups is 1. The Bertz CT molecular complexity index is 1140. The van der Waals surface area contributed by atoms with Gasteiger partial charge in [0.25, 0.3) is 0 Å². The van der Waals surface area contributed by atoms with Crippen molar-refractivity contribution in [3.63, 3.8) is 0 Å². The highest BCUT2D eigenvalue weighted by molar-refractivity contribution is 7.99. The van der Waals surface area contributed by atoms with E-state index >= 15 is 0 Å². The van der Waals surface area contributed by atoms with Gasteiger partial charge in [-0.15, -0.1) is 10.2 Å². The highest BCUT2D eigenvalue weighted by Gasteiger charge is 2.17. The number of hydrogen-bond acceptors (Lipinski definition) is 6. The second-order valence-electron chi connectivity index (χ2n) is 6.80. The Balaban J connectivity index is 1.56. The topological polar surface area (TPSA) is 106 Å². The number of benzene rings is 2. The maximum Gasteiger partial charge on any atom is 0.240 e. The summed E-state index contributed by atoms with van der Waals surface area (Å²) in [6.45, 7) is 3.85. The number of aryl methyl sites for hydroxylation is 2. The summed E-state index contributed by atoms with van der Waals surface area (Å²) in [4.78, 5) is 12.4. The lowest BCUT2D eigenvalue weighted by atomic mass is 10.2. The van der Waals surface area contributed by atoms with Crippen molar-refractivity contribution in [3.8, 4) is 0 Å². The van der Waals surface area contributed by atoms with Gasteiger partial charge in [0, 0.05) is 12.7 Å². The van der Waals surface area contributed by atoms with E-state index in [0.29, 0.717) is 11.0 Å². The van der Waals surface area contributed by atoms with Gasteiger partial charge in [-0.2, -0.15) is 0 Å².